The van der Waals surface area contributed by atoms with Crippen LogP contribution in [0.2, 0.25) is 0 Å². The van der Waals surface area contributed by atoms with Crippen molar-refractivity contribution in [2.45, 2.75) is 13.0 Å². The molecule has 0 aliphatic carbocycles. The molecule has 3 aromatic carbocycles. The Bertz CT molecular complexity index is 852. The summed E-state index contributed by atoms with van der Waals surface area (Å²) < 4.78 is 0. The summed E-state index contributed by atoms with van der Waals surface area (Å²) in [6, 6.07) is 27.3. The third-order valence-electron chi connectivity index (χ3n) is 4.17. The predicted octanol–water partition coefficient (Wildman–Crippen LogP) is 5.28. The first kappa shape index (κ1) is 13.8. The van der Waals surface area contributed by atoms with E-state index in [1.165, 1.54) is 11.1 Å². The molecule has 0 saturated heterocycles. The molecule has 2 heteroatoms. The van der Waals surface area contributed by atoms with Gasteiger partial charge < -0.3 is 5.32 Å². The highest BCUT2D eigenvalue weighted by Crippen LogP contribution is 2.37. The van der Waals surface area contributed by atoms with Crippen LogP contribution in [0, 0.1) is 6.92 Å². The molecule has 1 aliphatic heterocycles. The van der Waals surface area contributed by atoms with Crippen LogP contribution in [-0.2, 0) is 0 Å². The van der Waals surface area contributed by atoms with Gasteiger partial charge in [0.25, 0.3) is 0 Å². The lowest BCUT2D eigenvalue weighted by molar-refractivity contribution is 1.01. The standard InChI is InChI=1S/C21H18N2/c1-15-12-13-18-19(14-15)23-21(17-10-6-3-7-11-17)20(22-18)16-8-4-2-5-9-16/h2-14,21,23H,1H3. The van der Waals surface area contributed by atoms with Gasteiger partial charge in [-0.2, -0.15) is 0 Å². The molecule has 0 saturated carbocycles. The Hall–Kier alpha value is -2.87. The topological polar surface area (TPSA) is 24.4 Å². The maximum absolute atomic E-state index is 4.97. The Kier molecular flexibility index (Phi) is 3.43. The van der Waals surface area contributed by atoms with E-state index < -0.39 is 0 Å². The third kappa shape index (κ3) is 2.64. The molecule has 1 heterocycles. The van der Waals surface area contributed by atoms with Gasteiger partial charge in [0.2, 0.25) is 0 Å². The van der Waals surface area contributed by atoms with E-state index in [1.807, 2.05) is 12.1 Å². The smallest absolute Gasteiger partial charge is 0.0947 e. The lowest BCUT2D eigenvalue weighted by Gasteiger charge is -2.28. The molecule has 0 radical (unpaired) electrons. The summed E-state index contributed by atoms with van der Waals surface area (Å²) in [5.41, 5.74) is 6.78. The molecule has 23 heavy (non-hydrogen) atoms. The minimum atomic E-state index is 0.0629. The summed E-state index contributed by atoms with van der Waals surface area (Å²) in [6.07, 6.45) is 0. The zero-order chi connectivity index (χ0) is 15.6. The lowest BCUT2D eigenvalue weighted by atomic mass is 9.94. The molecule has 1 atom stereocenters. The second-order valence-electron chi connectivity index (χ2n) is 5.87. The zero-order valence-corrected chi connectivity index (χ0v) is 13.0. The second kappa shape index (κ2) is 5.73. The van der Waals surface area contributed by atoms with Gasteiger partial charge in [0.1, 0.15) is 0 Å². The van der Waals surface area contributed by atoms with Gasteiger partial charge >= 0.3 is 0 Å². The van der Waals surface area contributed by atoms with Crippen LogP contribution < -0.4 is 5.32 Å². The molecule has 0 fully saturated rings. The number of aryl methyl sites for hydroxylation is 1. The van der Waals surface area contributed by atoms with Gasteiger partial charge in [-0.25, -0.2) is 4.99 Å². The molecule has 0 bridgehead atoms. The highest BCUT2D eigenvalue weighted by atomic mass is 15.0. The van der Waals surface area contributed by atoms with E-state index in [1.54, 1.807) is 0 Å². The van der Waals surface area contributed by atoms with Crippen LogP contribution in [0.5, 0.6) is 0 Å². The maximum Gasteiger partial charge on any atom is 0.0947 e. The Morgan fingerprint density at radius 2 is 1.52 bits per heavy atom. The van der Waals surface area contributed by atoms with Crippen LogP contribution >= 0.6 is 0 Å². The van der Waals surface area contributed by atoms with Gasteiger partial charge in [0.05, 0.1) is 23.1 Å². The fourth-order valence-corrected chi connectivity index (χ4v) is 3.01. The normalized spacial score (nSPS) is 16.2. The molecule has 0 amide bonds. The van der Waals surface area contributed by atoms with Crippen LogP contribution in [0.4, 0.5) is 11.4 Å². The van der Waals surface area contributed by atoms with Gasteiger partial charge in [0, 0.05) is 0 Å². The first-order valence-electron chi connectivity index (χ1n) is 7.87. The maximum atomic E-state index is 4.97. The summed E-state index contributed by atoms with van der Waals surface area (Å²) in [6.45, 7) is 2.11. The Morgan fingerprint density at radius 1 is 0.826 bits per heavy atom. The minimum absolute atomic E-state index is 0.0629. The Morgan fingerprint density at radius 3 is 2.26 bits per heavy atom. The van der Waals surface area contributed by atoms with Crippen molar-refractivity contribution in [3.8, 4) is 0 Å². The number of fused-ring (bicyclic) bond motifs is 1. The second-order valence-corrected chi connectivity index (χ2v) is 5.87. The van der Waals surface area contributed by atoms with E-state index in [0.717, 1.165) is 22.6 Å². The minimum Gasteiger partial charge on any atom is -0.371 e. The van der Waals surface area contributed by atoms with Crippen molar-refractivity contribution in [3.05, 3.63) is 95.6 Å². The SMILES string of the molecule is Cc1ccc2c(c1)NC(c1ccccc1)C(c1ccccc1)=N2. The molecule has 1 aliphatic rings. The number of rotatable bonds is 2. The number of hydrogen-bond acceptors (Lipinski definition) is 2. The molecule has 4 rings (SSSR count). The highest BCUT2D eigenvalue weighted by molar-refractivity contribution is 6.10. The third-order valence-corrected chi connectivity index (χ3v) is 4.17. The molecule has 0 spiro atoms. The van der Waals surface area contributed by atoms with Crippen molar-refractivity contribution < 1.29 is 0 Å². The average molecular weight is 298 g/mol. The van der Waals surface area contributed by atoms with Gasteiger partial charge in [-0.05, 0) is 35.7 Å². The fourth-order valence-electron chi connectivity index (χ4n) is 3.01. The van der Waals surface area contributed by atoms with E-state index >= 15 is 0 Å². The number of nitrogens with zero attached hydrogens (tertiary/aromatic N) is 1. The van der Waals surface area contributed by atoms with Crippen molar-refractivity contribution in [2.24, 2.45) is 4.99 Å². The molecule has 3 aromatic rings. The van der Waals surface area contributed by atoms with Gasteiger partial charge in [-0.15, -0.1) is 0 Å². The average Bonchev–Trinajstić information content (AvgIpc) is 2.62. The lowest BCUT2D eigenvalue weighted by Crippen LogP contribution is -2.24. The van der Waals surface area contributed by atoms with Crippen molar-refractivity contribution in [1.29, 1.82) is 0 Å². The van der Waals surface area contributed by atoms with Crippen LogP contribution in [-0.4, -0.2) is 5.71 Å². The molecule has 1 unspecified atom stereocenters. The van der Waals surface area contributed by atoms with Crippen LogP contribution in [0.3, 0.4) is 0 Å². The van der Waals surface area contributed by atoms with Crippen LogP contribution in [0.25, 0.3) is 0 Å². The zero-order valence-electron chi connectivity index (χ0n) is 13.0. The monoisotopic (exact) mass is 298 g/mol. The van der Waals surface area contributed by atoms with Crippen molar-refractivity contribution in [3.63, 3.8) is 0 Å². The summed E-state index contributed by atoms with van der Waals surface area (Å²) in [7, 11) is 0. The molecule has 1 N–H and O–H groups in total. The molecular weight excluding hydrogens is 280 g/mol. The van der Waals surface area contributed by atoms with Crippen molar-refractivity contribution in [2.75, 3.05) is 5.32 Å². The summed E-state index contributed by atoms with van der Waals surface area (Å²) in [4.78, 5) is 4.97. The van der Waals surface area contributed by atoms with Gasteiger partial charge in [-0.3, -0.25) is 0 Å². The Labute approximate surface area is 136 Å². The number of nitrogens with one attached hydrogen (secondary N) is 1. The van der Waals surface area contributed by atoms with E-state index in [9.17, 15) is 0 Å². The fraction of sp³-hybridized carbons (Fsp3) is 0.0952. The molecular formula is C21H18N2. The molecule has 2 nitrogen and oxygen atoms in total. The summed E-state index contributed by atoms with van der Waals surface area (Å²) in [5, 5.41) is 3.67. The highest BCUT2D eigenvalue weighted by Gasteiger charge is 2.25. The molecule has 112 valence electrons. The van der Waals surface area contributed by atoms with E-state index in [0.29, 0.717) is 0 Å². The van der Waals surface area contributed by atoms with Gasteiger partial charge in [-0.1, -0.05) is 66.7 Å². The quantitative estimate of drug-likeness (QED) is 0.683. The van der Waals surface area contributed by atoms with E-state index in [2.05, 4.69) is 79.0 Å². The number of benzene rings is 3. The number of aliphatic imine (C=N–C) groups is 1. The number of anilines is 1. The van der Waals surface area contributed by atoms with E-state index in [4.69, 9.17) is 4.99 Å². The van der Waals surface area contributed by atoms with Crippen LogP contribution in [0.1, 0.15) is 22.7 Å². The summed E-state index contributed by atoms with van der Waals surface area (Å²) in [5.74, 6) is 0. The van der Waals surface area contributed by atoms with Crippen molar-refractivity contribution >= 4 is 17.1 Å². The Balaban J connectivity index is 1.88. The summed E-state index contributed by atoms with van der Waals surface area (Å²) >= 11 is 0. The first-order chi connectivity index (χ1) is 11.3. The molecule has 0 aromatic heterocycles. The van der Waals surface area contributed by atoms with Crippen LogP contribution in [0.15, 0.2) is 83.9 Å². The van der Waals surface area contributed by atoms with E-state index in [-0.39, 0.29) is 6.04 Å². The largest absolute Gasteiger partial charge is 0.371 e. The first-order valence-corrected chi connectivity index (χ1v) is 7.87. The van der Waals surface area contributed by atoms with Crippen molar-refractivity contribution in [1.82, 2.24) is 0 Å². The predicted molar refractivity (Wildman–Crippen MR) is 96.6 cm³/mol. The number of hydrogen-bond donors (Lipinski definition) is 1. The van der Waals surface area contributed by atoms with Gasteiger partial charge in [0.15, 0.2) is 0 Å².